The van der Waals surface area contributed by atoms with Crippen LogP contribution in [0.3, 0.4) is 0 Å². The standard InChI is InChI=1S/C47H31N3O/c51-43-30-35(37-26-14-22-32-17-10-11-23-36(32)37)29-42(44(43)33-18-6-2-7-19-33)47-49-45(34-20-8-3-9-21-34)48-46(50-47)41-28-27-38(31-15-4-1-5-16-31)39-24-12-13-25-40(39)41/h1-30,51H. The smallest absolute Gasteiger partial charge is 0.164 e. The molecular formula is C47H31N3O. The second kappa shape index (κ2) is 12.8. The fourth-order valence-corrected chi connectivity index (χ4v) is 7.04. The number of nitrogens with zero attached hydrogens (tertiary/aromatic N) is 3. The minimum atomic E-state index is 0.155. The monoisotopic (exact) mass is 653 g/mol. The van der Waals surface area contributed by atoms with Gasteiger partial charge in [-0.2, -0.15) is 0 Å². The molecule has 4 nitrogen and oxygen atoms in total. The van der Waals surface area contributed by atoms with Crippen molar-refractivity contribution in [3.63, 3.8) is 0 Å². The molecule has 240 valence electrons. The SMILES string of the molecule is Oc1cc(-c2cccc3ccccc23)cc(-c2nc(-c3ccccc3)nc(-c3ccc(-c4ccccc4)c4ccccc34)n2)c1-c1ccccc1. The van der Waals surface area contributed by atoms with E-state index in [4.69, 9.17) is 15.0 Å². The van der Waals surface area contributed by atoms with E-state index < -0.39 is 0 Å². The molecule has 0 saturated heterocycles. The largest absolute Gasteiger partial charge is 0.507 e. The molecular weight excluding hydrogens is 623 g/mol. The van der Waals surface area contributed by atoms with Gasteiger partial charge in [0.2, 0.25) is 0 Å². The van der Waals surface area contributed by atoms with Crippen molar-refractivity contribution < 1.29 is 5.11 Å². The molecule has 0 radical (unpaired) electrons. The second-order valence-corrected chi connectivity index (χ2v) is 12.6. The number of phenols is 1. The van der Waals surface area contributed by atoms with Gasteiger partial charge in [0, 0.05) is 22.3 Å². The fraction of sp³-hybridized carbons (Fsp3) is 0. The van der Waals surface area contributed by atoms with Crippen LogP contribution in [0.2, 0.25) is 0 Å². The van der Waals surface area contributed by atoms with Crippen molar-refractivity contribution in [3.8, 4) is 73.3 Å². The highest BCUT2D eigenvalue weighted by molar-refractivity contribution is 6.04. The van der Waals surface area contributed by atoms with Gasteiger partial charge in [-0.1, -0.05) is 164 Å². The minimum absolute atomic E-state index is 0.155. The molecule has 0 aliphatic carbocycles. The zero-order chi connectivity index (χ0) is 34.1. The first-order valence-electron chi connectivity index (χ1n) is 17.0. The van der Waals surface area contributed by atoms with Crippen LogP contribution in [-0.4, -0.2) is 20.1 Å². The van der Waals surface area contributed by atoms with Crippen molar-refractivity contribution in [2.24, 2.45) is 0 Å². The maximum Gasteiger partial charge on any atom is 0.164 e. The van der Waals surface area contributed by atoms with E-state index in [1.165, 1.54) is 0 Å². The van der Waals surface area contributed by atoms with Gasteiger partial charge in [-0.25, -0.2) is 15.0 Å². The van der Waals surface area contributed by atoms with E-state index in [0.717, 1.165) is 66.1 Å². The Morgan fingerprint density at radius 1 is 0.314 bits per heavy atom. The van der Waals surface area contributed by atoms with E-state index in [9.17, 15) is 5.11 Å². The van der Waals surface area contributed by atoms with Crippen molar-refractivity contribution in [1.29, 1.82) is 0 Å². The van der Waals surface area contributed by atoms with Crippen molar-refractivity contribution in [2.45, 2.75) is 0 Å². The van der Waals surface area contributed by atoms with Crippen LogP contribution >= 0.6 is 0 Å². The predicted octanol–water partition coefficient (Wildman–Crippen LogP) is 11.9. The zero-order valence-corrected chi connectivity index (χ0v) is 27.6. The van der Waals surface area contributed by atoms with Crippen LogP contribution in [0, 0.1) is 0 Å². The Labute approximate surface area is 296 Å². The molecule has 9 aromatic rings. The molecule has 0 aliphatic heterocycles. The molecule has 8 aromatic carbocycles. The van der Waals surface area contributed by atoms with Crippen LogP contribution in [0.15, 0.2) is 182 Å². The Kier molecular flexibility index (Phi) is 7.60. The number of aromatic hydroxyl groups is 1. The van der Waals surface area contributed by atoms with Gasteiger partial charge in [-0.15, -0.1) is 0 Å². The molecule has 9 rings (SSSR count). The minimum Gasteiger partial charge on any atom is -0.507 e. The molecule has 51 heavy (non-hydrogen) atoms. The van der Waals surface area contributed by atoms with Gasteiger partial charge in [-0.3, -0.25) is 0 Å². The maximum atomic E-state index is 11.9. The summed E-state index contributed by atoms with van der Waals surface area (Å²) in [6, 6.07) is 61.6. The number of aromatic nitrogens is 3. The normalized spacial score (nSPS) is 11.2. The van der Waals surface area contributed by atoms with Crippen molar-refractivity contribution in [1.82, 2.24) is 15.0 Å². The summed E-state index contributed by atoms with van der Waals surface area (Å²) in [7, 11) is 0. The number of rotatable bonds is 6. The summed E-state index contributed by atoms with van der Waals surface area (Å²) >= 11 is 0. The third kappa shape index (κ3) is 5.59. The molecule has 4 heteroatoms. The van der Waals surface area contributed by atoms with E-state index in [1.54, 1.807) is 0 Å². The summed E-state index contributed by atoms with van der Waals surface area (Å²) in [5.41, 5.74) is 8.22. The molecule has 0 spiro atoms. The van der Waals surface area contributed by atoms with Crippen LogP contribution in [0.25, 0.3) is 89.1 Å². The molecule has 1 heterocycles. The van der Waals surface area contributed by atoms with Gasteiger partial charge in [0.05, 0.1) is 0 Å². The summed E-state index contributed by atoms with van der Waals surface area (Å²) in [6.07, 6.45) is 0. The van der Waals surface area contributed by atoms with E-state index >= 15 is 0 Å². The van der Waals surface area contributed by atoms with Crippen molar-refractivity contribution >= 4 is 21.5 Å². The first-order chi connectivity index (χ1) is 25.2. The van der Waals surface area contributed by atoms with Crippen LogP contribution in [0.1, 0.15) is 0 Å². The molecule has 0 amide bonds. The average Bonchev–Trinajstić information content (AvgIpc) is 3.20. The summed E-state index contributed by atoms with van der Waals surface area (Å²) in [4.78, 5) is 15.5. The second-order valence-electron chi connectivity index (χ2n) is 12.6. The lowest BCUT2D eigenvalue weighted by atomic mass is 9.91. The van der Waals surface area contributed by atoms with E-state index in [0.29, 0.717) is 23.0 Å². The predicted molar refractivity (Wildman–Crippen MR) is 209 cm³/mol. The number of fused-ring (bicyclic) bond motifs is 2. The Balaban J connectivity index is 1.33. The highest BCUT2D eigenvalue weighted by Crippen LogP contribution is 2.43. The van der Waals surface area contributed by atoms with E-state index in [1.807, 2.05) is 84.9 Å². The fourth-order valence-electron chi connectivity index (χ4n) is 7.04. The van der Waals surface area contributed by atoms with E-state index in [-0.39, 0.29) is 5.75 Å². The highest BCUT2D eigenvalue weighted by atomic mass is 16.3. The summed E-state index contributed by atoms with van der Waals surface area (Å²) in [6.45, 7) is 0. The van der Waals surface area contributed by atoms with Gasteiger partial charge >= 0.3 is 0 Å². The van der Waals surface area contributed by atoms with Crippen LogP contribution in [0.4, 0.5) is 0 Å². The molecule has 1 N–H and O–H groups in total. The first kappa shape index (κ1) is 30.2. The summed E-state index contributed by atoms with van der Waals surface area (Å²) < 4.78 is 0. The lowest BCUT2D eigenvalue weighted by Crippen LogP contribution is -2.02. The van der Waals surface area contributed by atoms with Gasteiger partial charge in [0.15, 0.2) is 17.5 Å². The van der Waals surface area contributed by atoms with Crippen LogP contribution in [-0.2, 0) is 0 Å². The number of hydrogen-bond acceptors (Lipinski definition) is 4. The Morgan fingerprint density at radius 2 is 0.804 bits per heavy atom. The first-order valence-corrected chi connectivity index (χ1v) is 17.0. The lowest BCUT2D eigenvalue weighted by Gasteiger charge is -2.17. The number of phenolic OH excluding ortho intramolecular Hbond substituents is 1. The topological polar surface area (TPSA) is 58.9 Å². The Hall–Kier alpha value is -6.91. The Morgan fingerprint density at radius 3 is 1.51 bits per heavy atom. The Bertz CT molecular complexity index is 2690. The molecule has 0 unspecified atom stereocenters. The quantitative estimate of drug-likeness (QED) is 0.194. The molecule has 0 aliphatic rings. The molecule has 1 aromatic heterocycles. The van der Waals surface area contributed by atoms with Crippen LogP contribution < -0.4 is 0 Å². The molecule has 0 saturated carbocycles. The number of benzene rings is 8. The van der Waals surface area contributed by atoms with Gasteiger partial charge in [0.1, 0.15) is 5.75 Å². The molecule has 0 fully saturated rings. The number of hydrogen-bond donors (Lipinski definition) is 1. The van der Waals surface area contributed by atoms with Crippen molar-refractivity contribution in [3.05, 3.63) is 182 Å². The average molecular weight is 654 g/mol. The van der Waals surface area contributed by atoms with Gasteiger partial charge in [-0.05, 0) is 67.6 Å². The zero-order valence-electron chi connectivity index (χ0n) is 27.6. The molecule has 0 bridgehead atoms. The highest BCUT2D eigenvalue weighted by Gasteiger charge is 2.21. The summed E-state index contributed by atoms with van der Waals surface area (Å²) in [5.74, 6) is 1.75. The summed E-state index contributed by atoms with van der Waals surface area (Å²) in [5, 5.41) is 16.3. The maximum absolute atomic E-state index is 11.9. The van der Waals surface area contributed by atoms with Gasteiger partial charge < -0.3 is 5.11 Å². The van der Waals surface area contributed by atoms with E-state index in [2.05, 4.69) is 97.1 Å². The van der Waals surface area contributed by atoms with Crippen LogP contribution in [0.5, 0.6) is 5.75 Å². The van der Waals surface area contributed by atoms with Crippen molar-refractivity contribution in [2.75, 3.05) is 0 Å². The lowest BCUT2D eigenvalue weighted by molar-refractivity contribution is 0.478. The third-order valence-electron chi connectivity index (χ3n) is 9.44. The third-order valence-corrected chi connectivity index (χ3v) is 9.44. The molecule has 0 atom stereocenters. The van der Waals surface area contributed by atoms with Gasteiger partial charge in [0.25, 0.3) is 0 Å².